The van der Waals surface area contributed by atoms with Gasteiger partial charge in [-0.25, -0.2) is 0 Å². The summed E-state index contributed by atoms with van der Waals surface area (Å²) < 4.78 is 5.32. The second kappa shape index (κ2) is 9.05. The summed E-state index contributed by atoms with van der Waals surface area (Å²) in [5, 5.41) is 0.768. The summed E-state index contributed by atoms with van der Waals surface area (Å²) >= 11 is 6.26. The molecular formula is C15H27ClN2O. The Morgan fingerprint density at radius 2 is 1.68 bits per heavy atom. The first kappa shape index (κ1) is 18.1. The van der Waals surface area contributed by atoms with Crippen LogP contribution in [0, 0.1) is 6.92 Å². The minimum absolute atomic E-state index is 0.768. The third kappa shape index (κ3) is 5.70. The van der Waals surface area contributed by atoms with E-state index in [1.54, 1.807) is 7.11 Å². The van der Waals surface area contributed by atoms with Crippen molar-refractivity contribution in [3.05, 3.63) is 22.7 Å². The maximum absolute atomic E-state index is 6.26. The normalized spacial score (nSPS) is 9.95. The SMILES string of the molecule is CC.COc1cc(N(C)CCN(C)C)c(Cl)cc1C. The zero-order chi connectivity index (χ0) is 15.0. The lowest BCUT2D eigenvalue weighted by molar-refractivity contribution is 0.410. The molecule has 110 valence electrons. The van der Waals surface area contributed by atoms with E-state index in [2.05, 4.69) is 23.9 Å². The van der Waals surface area contributed by atoms with Gasteiger partial charge < -0.3 is 14.5 Å². The molecule has 0 aliphatic carbocycles. The fourth-order valence-electron chi connectivity index (χ4n) is 1.62. The number of halogens is 1. The lowest BCUT2D eigenvalue weighted by Gasteiger charge is -2.23. The van der Waals surface area contributed by atoms with Crippen molar-refractivity contribution in [2.24, 2.45) is 0 Å². The Morgan fingerprint density at radius 3 is 2.16 bits per heavy atom. The number of benzene rings is 1. The second-order valence-electron chi connectivity index (χ2n) is 4.50. The van der Waals surface area contributed by atoms with E-state index in [9.17, 15) is 0 Å². The van der Waals surface area contributed by atoms with Crippen LogP contribution in [0.4, 0.5) is 5.69 Å². The number of nitrogens with zero attached hydrogens (tertiary/aromatic N) is 2. The van der Waals surface area contributed by atoms with Crippen LogP contribution in [-0.4, -0.2) is 46.2 Å². The van der Waals surface area contributed by atoms with Crippen molar-refractivity contribution in [3.8, 4) is 5.75 Å². The van der Waals surface area contributed by atoms with Crippen molar-refractivity contribution >= 4 is 17.3 Å². The zero-order valence-electron chi connectivity index (χ0n) is 13.2. The maximum atomic E-state index is 6.26. The molecule has 0 aliphatic rings. The van der Waals surface area contributed by atoms with Gasteiger partial charge in [0.1, 0.15) is 5.75 Å². The molecule has 1 rings (SSSR count). The first-order chi connectivity index (χ1) is 8.95. The van der Waals surface area contributed by atoms with Gasteiger partial charge in [0, 0.05) is 26.2 Å². The van der Waals surface area contributed by atoms with E-state index in [1.807, 2.05) is 40.0 Å². The van der Waals surface area contributed by atoms with Crippen molar-refractivity contribution in [1.29, 1.82) is 0 Å². The van der Waals surface area contributed by atoms with Crippen molar-refractivity contribution in [1.82, 2.24) is 4.90 Å². The molecule has 0 fully saturated rings. The average molecular weight is 287 g/mol. The van der Waals surface area contributed by atoms with E-state index in [0.717, 1.165) is 35.1 Å². The fourth-order valence-corrected chi connectivity index (χ4v) is 1.99. The first-order valence-electron chi connectivity index (χ1n) is 6.65. The molecule has 0 amide bonds. The van der Waals surface area contributed by atoms with Gasteiger partial charge >= 0.3 is 0 Å². The summed E-state index contributed by atoms with van der Waals surface area (Å²) in [6.45, 7) is 7.91. The Labute approximate surface area is 123 Å². The molecule has 0 aliphatic heterocycles. The first-order valence-corrected chi connectivity index (χ1v) is 7.03. The predicted molar refractivity (Wildman–Crippen MR) is 85.9 cm³/mol. The Bertz CT molecular complexity index is 381. The summed E-state index contributed by atoms with van der Waals surface area (Å²) in [4.78, 5) is 4.29. The fraction of sp³-hybridized carbons (Fsp3) is 0.600. The molecule has 4 heteroatoms. The lowest BCUT2D eigenvalue weighted by Crippen LogP contribution is -2.28. The number of ether oxygens (including phenoxy) is 1. The molecule has 19 heavy (non-hydrogen) atoms. The molecule has 1 aromatic carbocycles. The molecule has 1 aromatic rings. The molecule has 0 saturated carbocycles. The van der Waals surface area contributed by atoms with Gasteiger partial charge in [-0.15, -0.1) is 0 Å². The quantitative estimate of drug-likeness (QED) is 0.821. The smallest absolute Gasteiger partial charge is 0.123 e. The number of aryl methyl sites for hydroxylation is 1. The molecule has 0 radical (unpaired) electrons. The molecule has 0 unspecified atom stereocenters. The van der Waals surface area contributed by atoms with Gasteiger partial charge in [-0.3, -0.25) is 0 Å². The highest BCUT2D eigenvalue weighted by molar-refractivity contribution is 6.33. The van der Waals surface area contributed by atoms with E-state index in [1.165, 1.54) is 0 Å². The van der Waals surface area contributed by atoms with Crippen molar-refractivity contribution < 1.29 is 4.74 Å². The molecule has 0 bridgehead atoms. The third-order valence-corrected chi connectivity index (χ3v) is 3.06. The summed E-state index contributed by atoms with van der Waals surface area (Å²) in [6, 6.07) is 3.94. The molecule has 0 aromatic heterocycles. The number of hydrogen-bond acceptors (Lipinski definition) is 3. The van der Waals surface area contributed by atoms with Gasteiger partial charge in [0.05, 0.1) is 17.8 Å². The van der Waals surface area contributed by atoms with Gasteiger partial charge in [0.15, 0.2) is 0 Å². The van der Waals surface area contributed by atoms with Gasteiger partial charge in [-0.1, -0.05) is 25.4 Å². The molecule has 0 heterocycles. The number of anilines is 1. The van der Waals surface area contributed by atoms with Crippen LogP contribution in [-0.2, 0) is 0 Å². The van der Waals surface area contributed by atoms with E-state index >= 15 is 0 Å². The lowest BCUT2D eigenvalue weighted by atomic mass is 10.2. The topological polar surface area (TPSA) is 15.7 Å². The Hall–Kier alpha value is -0.930. The summed E-state index contributed by atoms with van der Waals surface area (Å²) in [5.74, 6) is 0.876. The van der Waals surface area contributed by atoms with Crippen LogP contribution in [0.3, 0.4) is 0 Å². The molecule has 3 nitrogen and oxygen atoms in total. The minimum Gasteiger partial charge on any atom is -0.496 e. The maximum Gasteiger partial charge on any atom is 0.123 e. The zero-order valence-corrected chi connectivity index (χ0v) is 14.0. The molecule has 0 saturated heterocycles. The Morgan fingerprint density at radius 1 is 1.11 bits per heavy atom. The van der Waals surface area contributed by atoms with Crippen LogP contribution in [0.15, 0.2) is 12.1 Å². The average Bonchev–Trinajstić information content (AvgIpc) is 2.38. The number of hydrogen-bond donors (Lipinski definition) is 0. The Balaban J connectivity index is 0.00000154. The van der Waals surface area contributed by atoms with Crippen molar-refractivity contribution in [3.63, 3.8) is 0 Å². The van der Waals surface area contributed by atoms with Gasteiger partial charge in [0.2, 0.25) is 0 Å². The van der Waals surface area contributed by atoms with Crippen LogP contribution in [0.1, 0.15) is 19.4 Å². The minimum atomic E-state index is 0.768. The number of likely N-dealkylation sites (N-methyl/N-ethyl adjacent to an activating group) is 2. The molecule has 0 atom stereocenters. The van der Waals surface area contributed by atoms with Crippen LogP contribution < -0.4 is 9.64 Å². The van der Waals surface area contributed by atoms with Crippen molar-refractivity contribution in [2.75, 3.05) is 46.2 Å². The summed E-state index contributed by atoms with van der Waals surface area (Å²) in [5.41, 5.74) is 2.07. The highest BCUT2D eigenvalue weighted by atomic mass is 35.5. The van der Waals surface area contributed by atoms with E-state index in [4.69, 9.17) is 16.3 Å². The highest BCUT2D eigenvalue weighted by Crippen LogP contribution is 2.32. The molecule has 0 N–H and O–H groups in total. The number of rotatable bonds is 5. The van der Waals surface area contributed by atoms with Crippen LogP contribution in [0.5, 0.6) is 5.75 Å². The Kier molecular flexibility index (Phi) is 8.61. The molecule has 0 spiro atoms. The van der Waals surface area contributed by atoms with Gasteiger partial charge in [-0.2, -0.15) is 0 Å². The molecular weight excluding hydrogens is 260 g/mol. The van der Waals surface area contributed by atoms with Gasteiger partial charge in [-0.05, 0) is 32.6 Å². The highest BCUT2D eigenvalue weighted by Gasteiger charge is 2.10. The monoisotopic (exact) mass is 286 g/mol. The van der Waals surface area contributed by atoms with Crippen LogP contribution in [0.25, 0.3) is 0 Å². The van der Waals surface area contributed by atoms with E-state index in [-0.39, 0.29) is 0 Å². The predicted octanol–water partition coefficient (Wildman–Crippen LogP) is 3.68. The summed E-state index contributed by atoms with van der Waals surface area (Å²) in [7, 11) is 7.84. The standard InChI is InChI=1S/C13H21ClN2O.C2H6/c1-10-8-11(14)12(9-13(10)17-5)16(4)7-6-15(2)3;1-2/h8-9H,6-7H2,1-5H3;1-2H3. The number of methoxy groups -OCH3 is 1. The second-order valence-corrected chi connectivity index (χ2v) is 4.91. The van der Waals surface area contributed by atoms with Crippen LogP contribution in [0.2, 0.25) is 5.02 Å². The van der Waals surface area contributed by atoms with Crippen LogP contribution >= 0.6 is 11.6 Å². The third-order valence-electron chi connectivity index (χ3n) is 2.76. The summed E-state index contributed by atoms with van der Waals surface area (Å²) in [6.07, 6.45) is 0. The van der Waals surface area contributed by atoms with E-state index < -0.39 is 0 Å². The van der Waals surface area contributed by atoms with Crippen molar-refractivity contribution in [2.45, 2.75) is 20.8 Å². The van der Waals surface area contributed by atoms with Gasteiger partial charge in [0.25, 0.3) is 0 Å². The largest absolute Gasteiger partial charge is 0.496 e. The van der Waals surface area contributed by atoms with E-state index in [0.29, 0.717) is 0 Å².